The molecule has 1 aromatic rings. The Morgan fingerprint density at radius 3 is 2.79 bits per heavy atom. The van der Waals surface area contributed by atoms with Gasteiger partial charge in [0, 0.05) is 37.1 Å². The van der Waals surface area contributed by atoms with Gasteiger partial charge in [0.15, 0.2) is 0 Å². The van der Waals surface area contributed by atoms with E-state index in [2.05, 4.69) is 24.9 Å². The van der Waals surface area contributed by atoms with Crippen molar-refractivity contribution in [1.82, 2.24) is 9.80 Å². The van der Waals surface area contributed by atoms with E-state index in [9.17, 15) is 4.79 Å². The minimum atomic E-state index is 0.267. The van der Waals surface area contributed by atoms with Crippen LogP contribution >= 0.6 is 11.6 Å². The molecular weight excluding hydrogens is 260 g/mol. The molecule has 0 aliphatic carbocycles. The highest BCUT2D eigenvalue weighted by molar-refractivity contribution is 6.30. The highest BCUT2D eigenvalue weighted by Gasteiger charge is 2.21. The third kappa shape index (κ3) is 3.71. The van der Waals surface area contributed by atoms with Crippen LogP contribution in [0.5, 0.6) is 0 Å². The maximum absolute atomic E-state index is 11.8. The Morgan fingerprint density at radius 2 is 2.21 bits per heavy atom. The van der Waals surface area contributed by atoms with E-state index in [0.29, 0.717) is 6.42 Å². The van der Waals surface area contributed by atoms with E-state index in [0.717, 1.165) is 31.1 Å². The molecule has 1 aliphatic heterocycles. The van der Waals surface area contributed by atoms with E-state index < -0.39 is 0 Å². The summed E-state index contributed by atoms with van der Waals surface area (Å²) in [4.78, 5) is 15.9. The van der Waals surface area contributed by atoms with E-state index in [4.69, 9.17) is 11.6 Å². The van der Waals surface area contributed by atoms with Crippen molar-refractivity contribution in [1.29, 1.82) is 0 Å². The first-order chi connectivity index (χ1) is 9.08. The van der Waals surface area contributed by atoms with Crippen LogP contribution in [0, 0.1) is 0 Å². The second kappa shape index (κ2) is 6.40. The van der Waals surface area contributed by atoms with Gasteiger partial charge in [-0.25, -0.2) is 0 Å². The lowest BCUT2D eigenvalue weighted by Gasteiger charge is -2.32. The summed E-state index contributed by atoms with van der Waals surface area (Å²) in [6.45, 7) is 4.79. The average Bonchev–Trinajstić information content (AvgIpc) is 2.33. The van der Waals surface area contributed by atoms with Gasteiger partial charge in [-0.2, -0.15) is 0 Å². The fraction of sp³-hybridized carbons (Fsp3) is 0.533. The molecule has 0 radical (unpaired) electrons. The molecule has 3 nitrogen and oxygen atoms in total. The van der Waals surface area contributed by atoms with Gasteiger partial charge in [-0.05, 0) is 38.1 Å². The standard InChI is InChI=1S/C15H21ClN2O/c1-12(13-5-3-6-14(16)11-13)17(2)10-7-15(19)18-8-4-9-18/h3,5-6,11-12H,4,7-10H2,1-2H3/t12-/m1/s1. The lowest BCUT2D eigenvalue weighted by atomic mass is 10.1. The summed E-state index contributed by atoms with van der Waals surface area (Å²) >= 11 is 6.01. The van der Waals surface area contributed by atoms with Crippen molar-refractivity contribution in [2.75, 3.05) is 26.7 Å². The summed E-state index contributed by atoms with van der Waals surface area (Å²) in [5, 5.41) is 0.759. The summed E-state index contributed by atoms with van der Waals surface area (Å²) in [6.07, 6.45) is 1.75. The molecule has 0 N–H and O–H groups in total. The molecular formula is C15H21ClN2O. The SMILES string of the molecule is C[C@H](c1cccc(Cl)c1)N(C)CCC(=O)N1CCC1. The van der Waals surface area contributed by atoms with Crippen LogP contribution in [0.15, 0.2) is 24.3 Å². The van der Waals surface area contributed by atoms with Gasteiger partial charge in [-0.15, -0.1) is 0 Å². The minimum Gasteiger partial charge on any atom is -0.343 e. The van der Waals surface area contributed by atoms with E-state index in [-0.39, 0.29) is 11.9 Å². The van der Waals surface area contributed by atoms with Crippen molar-refractivity contribution in [3.8, 4) is 0 Å². The normalized spacial score (nSPS) is 16.3. The Balaban J connectivity index is 1.84. The minimum absolute atomic E-state index is 0.267. The summed E-state index contributed by atoms with van der Waals surface area (Å²) in [5.74, 6) is 0.274. The second-order valence-electron chi connectivity index (χ2n) is 5.20. The van der Waals surface area contributed by atoms with E-state index >= 15 is 0 Å². The van der Waals surface area contributed by atoms with Crippen molar-refractivity contribution < 1.29 is 4.79 Å². The smallest absolute Gasteiger partial charge is 0.223 e. The van der Waals surface area contributed by atoms with Gasteiger partial charge < -0.3 is 4.90 Å². The van der Waals surface area contributed by atoms with Gasteiger partial charge in [0.2, 0.25) is 5.91 Å². The zero-order valence-corrected chi connectivity index (χ0v) is 12.4. The molecule has 1 fully saturated rings. The molecule has 0 aromatic heterocycles. The number of nitrogens with zero attached hydrogens (tertiary/aromatic N) is 2. The second-order valence-corrected chi connectivity index (χ2v) is 5.63. The van der Waals surface area contributed by atoms with Gasteiger partial charge >= 0.3 is 0 Å². The quantitative estimate of drug-likeness (QED) is 0.828. The summed E-state index contributed by atoms with van der Waals surface area (Å²) < 4.78 is 0. The first-order valence-electron chi connectivity index (χ1n) is 6.81. The van der Waals surface area contributed by atoms with Gasteiger partial charge in [0.1, 0.15) is 0 Å². The highest BCUT2D eigenvalue weighted by atomic mass is 35.5. The van der Waals surface area contributed by atoms with E-state index in [1.165, 1.54) is 5.56 Å². The zero-order valence-electron chi connectivity index (χ0n) is 11.6. The van der Waals surface area contributed by atoms with Gasteiger partial charge in [-0.1, -0.05) is 23.7 Å². The summed E-state index contributed by atoms with van der Waals surface area (Å²) in [6, 6.07) is 8.17. The first-order valence-corrected chi connectivity index (χ1v) is 7.19. The molecule has 2 rings (SSSR count). The van der Waals surface area contributed by atoms with Crippen LogP contribution < -0.4 is 0 Å². The number of likely N-dealkylation sites (tertiary alicyclic amines) is 1. The molecule has 1 atom stereocenters. The van der Waals surface area contributed by atoms with Crippen LogP contribution in [0.3, 0.4) is 0 Å². The Hall–Kier alpha value is -1.06. The fourth-order valence-electron chi connectivity index (χ4n) is 2.21. The van der Waals surface area contributed by atoms with Crippen molar-refractivity contribution in [3.05, 3.63) is 34.9 Å². The number of carbonyl (C=O) groups is 1. The fourth-order valence-corrected chi connectivity index (χ4v) is 2.41. The Morgan fingerprint density at radius 1 is 1.47 bits per heavy atom. The number of hydrogen-bond donors (Lipinski definition) is 0. The Kier molecular flexibility index (Phi) is 4.83. The van der Waals surface area contributed by atoms with Crippen LogP contribution in [-0.4, -0.2) is 42.4 Å². The van der Waals surface area contributed by atoms with Crippen molar-refractivity contribution >= 4 is 17.5 Å². The third-order valence-electron chi connectivity index (χ3n) is 3.88. The number of carbonyl (C=O) groups excluding carboxylic acids is 1. The Bertz CT molecular complexity index is 446. The van der Waals surface area contributed by atoms with E-state index in [1.807, 2.05) is 23.1 Å². The summed E-state index contributed by atoms with van der Waals surface area (Å²) in [7, 11) is 2.05. The average molecular weight is 281 g/mol. The lowest BCUT2D eigenvalue weighted by Crippen LogP contribution is -2.43. The van der Waals surface area contributed by atoms with Crippen molar-refractivity contribution in [2.45, 2.75) is 25.8 Å². The molecule has 104 valence electrons. The van der Waals surface area contributed by atoms with Crippen molar-refractivity contribution in [2.24, 2.45) is 0 Å². The molecule has 1 aromatic carbocycles. The molecule has 1 amide bonds. The predicted octanol–water partition coefficient (Wildman–Crippen LogP) is 2.96. The maximum atomic E-state index is 11.8. The molecule has 0 spiro atoms. The largest absolute Gasteiger partial charge is 0.343 e. The number of benzene rings is 1. The van der Waals surface area contributed by atoms with Gasteiger partial charge in [-0.3, -0.25) is 9.69 Å². The van der Waals surface area contributed by atoms with Crippen LogP contribution in [0.4, 0.5) is 0 Å². The van der Waals surface area contributed by atoms with Crippen LogP contribution in [-0.2, 0) is 4.79 Å². The summed E-state index contributed by atoms with van der Waals surface area (Å²) in [5.41, 5.74) is 1.19. The lowest BCUT2D eigenvalue weighted by molar-refractivity contribution is -0.134. The van der Waals surface area contributed by atoms with Gasteiger partial charge in [0.25, 0.3) is 0 Å². The Labute approximate surface area is 120 Å². The number of rotatable bonds is 5. The molecule has 1 saturated heterocycles. The van der Waals surface area contributed by atoms with E-state index in [1.54, 1.807) is 0 Å². The molecule has 4 heteroatoms. The van der Waals surface area contributed by atoms with Crippen LogP contribution in [0.25, 0.3) is 0 Å². The van der Waals surface area contributed by atoms with Crippen LogP contribution in [0.2, 0.25) is 5.02 Å². The molecule has 1 heterocycles. The highest BCUT2D eigenvalue weighted by Crippen LogP contribution is 2.22. The maximum Gasteiger partial charge on any atom is 0.223 e. The number of amides is 1. The molecule has 1 aliphatic rings. The number of halogens is 1. The molecule has 0 unspecified atom stereocenters. The third-order valence-corrected chi connectivity index (χ3v) is 4.11. The molecule has 19 heavy (non-hydrogen) atoms. The van der Waals surface area contributed by atoms with Crippen LogP contribution in [0.1, 0.15) is 31.4 Å². The van der Waals surface area contributed by atoms with Gasteiger partial charge in [0.05, 0.1) is 0 Å². The predicted molar refractivity (Wildman–Crippen MR) is 78.3 cm³/mol. The topological polar surface area (TPSA) is 23.6 Å². The van der Waals surface area contributed by atoms with Crippen molar-refractivity contribution in [3.63, 3.8) is 0 Å². The monoisotopic (exact) mass is 280 g/mol. The first kappa shape index (κ1) is 14.4. The molecule has 0 saturated carbocycles. The molecule has 0 bridgehead atoms. The zero-order chi connectivity index (χ0) is 13.8. The number of hydrogen-bond acceptors (Lipinski definition) is 2.